The molecule has 0 amide bonds. The van der Waals surface area contributed by atoms with Crippen molar-refractivity contribution in [1.82, 2.24) is 4.98 Å². The molecule has 0 radical (unpaired) electrons. The van der Waals surface area contributed by atoms with Gasteiger partial charge in [0.2, 0.25) is 0 Å². The lowest BCUT2D eigenvalue weighted by atomic mass is 9.85. The molecule has 0 bridgehead atoms. The Hall–Kier alpha value is 0.270. The maximum absolute atomic E-state index is 6.17. The summed E-state index contributed by atoms with van der Waals surface area (Å²) < 4.78 is 0. The second kappa shape index (κ2) is 7.16. The van der Waals surface area contributed by atoms with Crippen LogP contribution in [0.1, 0.15) is 38.5 Å². The zero-order valence-electron chi connectivity index (χ0n) is 10.5. The average Bonchev–Trinajstić information content (AvgIpc) is 2.64. The third-order valence-electron chi connectivity index (χ3n) is 3.69. The molecule has 100 valence electrons. The molecule has 1 fully saturated rings. The monoisotopic (exact) mass is 347 g/mol. The normalized spacial score (nSPS) is 19.4. The molecule has 2 rings (SSSR count). The SMILES string of the molecule is Clc1cccnc1SCC1(CBr)CCCCCC1. The highest BCUT2D eigenvalue weighted by Crippen LogP contribution is 2.41. The van der Waals surface area contributed by atoms with Crippen molar-refractivity contribution in [2.24, 2.45) is 5.41 Å². The number of hydrogen-bond donors (Lipinski definition) is 0. The van der Waals surface area contributed by atoms with Crippen LogP contribution in [-0.2, 0) is 0 Å². The molecule has 0 aromatic carbocycles. The maximum atomic E-state index is 6.17. The van der Waals surface area contributed by atoms with E-state index in [1.807, 2.05) is 30.1 Å². The van der Waals surface area contributed by atoms with Gasteiger partial charge in [-0.3, -0.25) is 0 Å². The summed E-state index contributed by atoms with van der Waals surface area (Å²) in [6.45, 7) is 0. The van der Waals surface area contributed by atoms with Gasteiger partial charge in [-0.25, -0.2) is 4.98 Å². The highest BCUT2D eigenvalue weighted by molar-refractivity contribution is 9.09. The third kappa shape index (κ3) is 3.88. The molecule has 1 aromatic rings. The summed E-state index contributed by atoms with van der Waals surface area (Å²) in [7, 11) is 0. The minimum absolute atomic E-state index is 0.433. The first-order chi connectivity index (χ1) is 8.76. The van der Waals surface area contributed by atoms with E-state index in [2.05, 4.69) is 20.9 Å². The Morgan fingerprint density at radius 2 is 2.00 bits per heavy atom. The van der Waals surface area contributed by atoms with Gasteiger partial charge in [0, 0.05) is 17.3 Å². The second-order valence-electron chi connectivity index (χ2n) is 5.13. The van der Waals surface area contributed by atoms with Crippen molar-refractivity contribution in [3.05, 3.63) is 23.4 Å². The first-order valence-corrected chi connectivity index (χ1v) is 9.04. The molecule has 1 aromatic heterocycles. The number of nitrogens with zero attached hydrogens (tertiary/aromatic N) is 1. The Morgan fingerprint density at radius 3 is 2.61 bits per heavy atom. The molecule has 0 aliphatic heterocycles. The summed E-state index contributed by atoms with van der Waals surface area (Å²) in [6, 6.07) is 3.81. The van der Waals surface area contributed by atoms with E-state index in [4.69, 9.17) is 11.6 Å². The smallest absolute Gasteiger partial charge is 0.115 e. The van der Waals surface area contributed by atoms with E-state index in [0.717, 1.165) is 21.1 Å². The van der Waals surface area contributed by atoms with Crippen LogP contribution in [0.3, 0.4) is 0 Å². The van der Waals surface area contributed by atoms with E-state index in [-0.39, 0.29) is 0 Å². The number of pyridine rings is 1. The molecule has 4 heteroatoms. The van der Waals surface area contributed by atoms with E-state index in [1.165, 1.54) is 38.5 Å². The van der Waals surface area contributed by atoms with E-state index < -0.39 is 0 Å². The van der Waals surface area contributed by atoms with Crippen LogP contribution < -0.4 is 0 Å². The molecule has 1 heterocycles. The van der Waals surface area contributed by atoms with E-state index in [1.54, 1.807) is 0 Å². The van der Waals surface area contributed by atoms with Crippen molar-refractivity contribution in [1.29, 1.82) is 0 Å². The number of hydrogen-bond acceptors (Lipinski definition) is 2. The average molecular weight is 349 g/mol. The maximum Gasteiger partial charge on any atom is 0.115 e. The van der Waals surface area contributed by atoms with Crippen LogP contribution in [0.5, 0.6) is 0 Å². The van der Waals surface area contributed by atoms with Gasteiger partial charge >= 0.3 is 0 Å². The zero-order valence-corrected chi connectivity index (χ0v) is 13.7. The van der Waals surface area contributed by atoms with Crippen LogP contribution in [0.4, 0.5) is 0 Å². The molecule has 0 unspecified atom stereocenters. The predicted octanol–water partition coefficient (Wildman–Crippen LogP) is 5.56. The number of aromatic nitrogens is 1. The Morgan fingerprint density at radius 1 is 1.28 bits per heavy atom. The summed E-state index contributed by atoms with van der Waals surface area (Å²) in [5.41, 5.74) is 0.433. The van der Waals surface area contributed by atoms with Gasteiger partial charge in [-0.05, 0) is 30.4 Å². The molecule has 0 spiro atoms. The van der Waals surface area contributed by atoms with Gasteiger partial charge in [0.15, 0.2) is 0 Å². The lowest BCUT2D eigenvalue weighted by Gasteiger charge is -2.30. The lowest BCUT2D eigenvalue weighted by molar-refractivity contribution is 0.334. The molecule has 0 atom stereocenters. The fourth-order valence-electron chi connectivity index (χ4n) is 2.49. The highest BCUT2D eigenvalue weighted by Gasteiger charge is 2.30. The molecule has 0 saturated heterocycles. The van der Waals surface area contributed by atoms with Gasteiger partial charge in [-0.1, -0.05) is 53.2 Å². The predicted molar refractivity (Wildman–Crippen MR) is 83.9 cm³/mol. The van der Waals surface area contributed by atoms with Crippen molar-refractivity contribution in [3.8, 4) is 0 Å². The molecular formula is C14H19BrClNS. The second-order valence-corrected chi connectivity index (χ2v) is 7.06. The molecule has 1 aliphatic carbocycles. The van der Waals surface area contributed by atoms with Crippen LogP contribution in [0, 0.1) is 5.41 Å². The first-order valence-electron chi connectivity index (χ1n) is 6.55. The van der Waals surface area contributed by atoms with Crippen molar-refractivity contribution in [2.45, 2.75) is 43.6 Å². The Kier molecular flexibility index (Phi) is 5.84. The standard InChI is InChI=1S/C14H19BrClNS/c15-10-14(7-3-1-2-4-8-14)11-18-13-12(16)6-5-9-17-13/h5-6,9H,1-4,7-8,10-11H2. The summed E-state index contributed by atoms with van der Waals surface area (Å²) in [6.07, 6.45) is 9.99. The van der Waals surface area contributed by atoms with Crippen molar-refractivity contribution >= 4 is 39.3 Å². The van der Waals surface area contributed by atoms with Gasteiger partial charge in [-0.15, -0.1) is 11.8 Å². The zero-order chi connectivity index (χ0) is 12.8. The van der Waals surface area contributed by atoms with Crippen LogP contribution >= 0.6 is 39.3 Å². The number of thioether (sulfide) groups is 1. The minimum Gasteiger partial charge on any atom is -0.248 e. The van der Waals surface area contributed by atoms with Gasteiger partial charge in [-0.2, -0.15) is 0 Å². The Bertz CT molecular complexity index is 378. The molecule has 1 saturated carbocycles. The van der Waals surface area contributed by atoms with Gasteiger partial charge in [0.25, 0.3) is 0 Å². The summed E-state index contributed by atoms with van der Waals surface area (Å²) >= 11 is 11.7. The van der Waals surface area contributed by atoms with E-state index >= 15 is 0 Å². The highest BCUT2D eigenvalue weighted by atomic mass is 79.9. The quantitative estimate of drug-likeness (QED) is 0.401. The Balaban J connectivity index is 2.00. The van der Waals surface area contributed by atoms with E-state index in [9.17, 15) is 0 Å². The molecule has 0 N–H and O–H groups in total. The van der Waals surface area contributed by atoms with Crippen LogP contribution in [0.2, 0.25) is 5.02 Å². The summed E-state index contributed by atoms with van der Waals surface area (Å²) in [5, 5.41) is 2.85. The molecule has 1 nitrogen and oxygen atoms in total. The van der Waals surface area contributed by atoms with Crippen molar-refractivity contribution in [3.63, 3.8) is 0 Å². The van der Waals surface area contributed by atoms with Crippen LogP contribution in [0.25, 0.3) is 0 Å². The lowest BCUT2D eigenvalue weighted by Crippen LogP contribution is -2.25. The first kappa shape index (κ1) is 14.7. The van der Waals surface area contributed by atoms with Crippen LogP contribution in [-0.4, -0.2) is 16.1 Å². The largest absolute Gasteiger partial charge is 0.248 e. The molecular weight excluding hydrogens is 330 g/mol. The molecule has 18 heavy (non-hydrogen) atoms. The fraction of sp³-hybridized carbons (Fsp3) is 0.643. The van der Waals surface area contributed by atoms with E-state index in [0.29, 0.717) is 5.41 Å². The third-order valence-corrected chi connectivity index (χ3v) is 6.65. The molecule has 1 aliphatic rings. The van der Waals surface area contributed by atoms with Gasteiger partial charge in [0.05, 0.1) is 5.02 Å². The van der Waals surface area contributed by atoms with Crippen molar-refractivity contribution in [2.75, 3.05) is 11.1 Å². The van der Waals surface area contributed by atoms with Crippen LogP contribution in [0.15, 0.2) is 23.4 Å². The van der Waals surface area contributed by atoms with Crippen molar-refractivity contribution < 1.29 is 0 Å². The van der Waals surface area contributed by atoms with Gasteiger partial charge in [0.1, 0.15) is 5.03 Å². The topological polar surface area (TPSA) is 12.9 Å². The number of halogens is 2. The number of rotatable bonds is 4. The summed E-state index contributed by atoms with van der Waals surface area (Å²) in [4.78, 5) is 4.37. The summed E-state index contributed by atoms with van der Waals surface area (Å²) in [5.74, 6) is 1.12. The fourth-order valence-corrected chi connectivity index (χ4v) is 4.98. The Labute approximate surface area is 127 Å². The number of alkyl halides is 1. The minimum atomic E-state index is 0.433. The van der Waals surface area contributed by atoms with Gasteiger partial charge < -0.3 is 0 Å².